The largest absolute Gasteiger partial charge is 0.508 e. The van der Waals surface area contributed by atoms with Crippen LogP contribution >= 0.6 is 0 Å². The van der Waals surface area contributed by atoms with E-state index in [2.05, 4.69) is 4.74 Å². The summed E-state index contributed by atoms with van der Waals surface area (Å²) in [6.45, 7) is 0. The molecule has 0 amide bonds. The third kappa shape index (κ3) is 3.98. The van der Waals surface area contributed by atoms with Crippen molar-refractivity contribution < 1.29 is 58.4 Å². The fraction of sp³-hybridized carbons (Fsp3) is 0.174. The van der Waals surface area contributed by atoms with Gasteiger partial charge in [-0.05, 0) is 12.1 Å². The number of phenolic OH excluding ortho intramolecular Hbond substituents is 6. The van der Waals surface area contributed by atoms with Crippen molar-refractivity contribution in [2.75, 3.05) is 7.11 Å². The molecule has 1 aliphatic heterocycles. The first-order valence-corrected chi connectivity index (χ1v) is 9.94. The zero-order chi connectivity index (χ0) is 25.6. The number of aromatic hydroxyl groups is 6. The molecule has 0 unspecified atom stereocenters. The summed E-state index contributed by atoms with van der Waals surface area (Å²) in [5, 5.41) is 58.9. The lowest BCUT2D eigenvalue weighted by molar-refractivity contribution is -0.0196. The molecule has 0 fully saturated rings. The smallest absolute Gasteiger partial charge is 0.344 e. The second kappa shape index (κ2) is 8.63. The maximum atomic E-state index is 14.7. The van der Waals surface area contributed by atoms with Crippen LogP contribution in [0.15, 0.2) is 30.3 Å². The molecule has 12 heteroatoms. The average molecular weight is 492 g/mol. The lowest BCUT2D eigenvalue weighted by Gasteiger charge is -2.34. The van der Waals surface area contributed by atoms with Crippen molar-refractivity contribution in [2.24, 2.45) is 0 Å². The summed E-state index contributed by atoms with van der Waals surface area (Å²) in [5.41, 5.74) is -1.09. The van der Waals surface area contributed by atoms with Crippen LogP contribution in [0.4, 0.5) is 8.78 Å². The van der Waals surface area contributed by atoms with Crippen LogP contribution in [-0.4, -0.2) is 49.8 Å². The van der Waals surface area contributed by atoms with Crippen molar-refractivity contribution in [3.63, 3.8) is 0 Å². The van der Waals surface area contributed by atoms with E-state index >= 15 is 0 Å². The molecule has 0 spiro atoms. The molecule has 0 radical (unpaired) electrons. The fourth-order valence-corrected chi connectivity index (χ4v) is 3.76. The zero-order valence-electron chi connectivity index (χ0n) is 17.8. The molecular weight excluding hydrogens is 474 g/mol. The molecule has 2 atom stereocenters. The highest BCUT2D eigenvalue weighted by molar-refractivity contribution is 5.92. The minimum atomic E-state index is -1.80. The van der Waals surface area contributed by atoms with Gasteiger partial charge in [-0.15, -0.1) is 0 Å². The maximum absolute atomic E-state index is 14.7. The standard InChI is InChI=1S/C23H18F2O10/c1-33-22-18(25)16(17(24)19(30)20(22)31)23(32)35-15-7-10-12(28)5-9(26)6-14(10)34-21(15)8-2-3-11(27)13(29)4-8/h2-6,15,21,26-31H,7H2,1H3/t15-,21+/m1/s1. The Morgan fingerprint density at radius 2 is 1.66 bits per heavy atom. The Morgan fingerprint density at radius 3 is 2.31 bits per heavy atom. The summed E-state index contributed by atoms with van der Waals surface area (Å²) in [6, 6.07) is 5.75. The van der Waals surface area contributed by atoms with Crippen molar-refractivity contribution in [1.82, 2.24) is 0 Å². The van der Waals surface area contributed by atoms with Crippen LogP contribution in [0.25, 0.3) is 0 Å². The number of hydrogen-bond acceptors (Lipinski definition) is 10. The normalized spacial score (nSPS) is 16.8. The lowest BCUT2D eigenvalue weighted by atomic mass is 9.93. The monoisotopic (exact) mass is 492 g/mol. The molecule has 0 aliphatic carbocycles. The van der Waals surface area contributed by atoms with E-state index in [9.17, 15) is 44.2 Å². The number of methoxy groups -OCH3 is 1. The Morgan fingerprint density at radius 1 is 0.943 bits per heavy atom. The molecule has 1 aliphatic rings. The number of hydrogen-bond donors (Lipinski definition) is 6. The first-order chi connectivity index (χ1) is 16.5. The topological polar surface area (TPSA) is 166 Å². The Labute approximate surface area is 195 Å². The molecule has 4 rings (SSSR count). The van der Waals surface area contributed by atoms with Crippen molar-refractivity contribution in [1.29, 1.82) is 0 Å². The van der Waals surface area contributed by atoms with Gasteiger partial charge in [0.2, 0.25) is 11.5 Å². The van der Waals surface area contributed by atoms with Crippen LogP contribution in [0.2, 0.25) is 0 Å². The highest BCUT2D eigenvalue weighted by Crippen LogP contribution is 2.45. The van der Waals surface area contributed by atoms with Gasteiger partial charge in [0.05, 0.1) is 7.11 Å². The van der Waals surface area contributed by atoms with Crippen LogP contribution in [-0.2, 0) is 11.2 Å². The van der Waals surface area contributed by atoms with Gasteiger partial charge in [0, 0.05) is 29.7 Å². The van der Waals surface area contributed by atoms with Crippen molar-refractivity contribution >= 4 is 5.97 Å². The molecule has 0 bridgehead atoms. The second-order valence-corrected chi connectivity index (χ2v) is 7.61. The van der Waals surface area contributed by atoms with E-state index in [4.69, 9.17) is 9.47 Å². The van der Waals surface area contributed by atoms with E-state index in [-0.39, 0.29) is 29.0 Å². The fourth-order valence-electron chi connectivity index (χ4n) is 3.76. The summed E-state index contributed by atoms with van der Waals surface area (Å²) in [7, 11) is 0.919. The minimum Gasteiger partial charge on any atom is -0.508 e. The van der Waals surface area contributed by atoms with Crippen LogP contribution in [0.5, 0.6) is 46.0 Å². The Kier molecular flexibility index (Phi) is 5.81. The average Bonchev–Trinajstić information content (AvgIpc) is 2.80. The highest BCUT2D eigenvalue weighted by atomic mass is 19.1. The molecule has 0 saturated carbocycles. The molecule has 3 aromatic rings. The predicted octanol–water partition coefficient (Wildman–Crippen LogP) is 3.11. The number of halogens is 2. The van der Waals surface area contributed by atoms with E-state index in [0.717, 1.165) is 25.3 Å². The van der Waals surface area contributed by atoms with Crippen molar-refractivity contribution in [3.05, 3.63) is 58.7 Å². The SMILES string of the molecule is COc1c(O)c(O)c(F)c(C(=O)O[C@@H]2Cc3c(O)cc(O)cc3O[C@H]2c2ccc(O)c(O)c2)c1F. The van der Waals surface area contributed by atoms with Crippen molar-refractivity contribution in [3.8, 4) is 46.0 Å². The third-order valence-corrected chi connectivity index (χ3v) is 5.45. The summed E-state index contributed by atoms with van der Waals surface area (Å²) in [4.78, 5) is 12.8. The molecule has 184 valence electrons. The summed E-state index contributed by atoms with van der Waals surface area (Å²) >= 11 is 0. The quantitative estimate of drug-likeness (QED) is 0.235. The van der Waals surface area contributed by atoms with Gasteiger partial charge in [0.15, 0.2) is 35.0 Å². The minimum absolute atomic E-state index is 0.00803. The second-order valence-electron chi connectivity index (χ2n) is 7.61. The van der Waals surface area contributed by atoms with Crippen LogP contribution in [0, 0.1) is 11.6 Å². The van der Waals surface area contributed by atoms with E-state index in [0.29, 0.717) is 0 Å². The third-order valence-electron chi connectivity index (χ3n) is 5.45. The molecule has 1 heterocycles. The summed E-state index contributed by atoms with van der Waals surface area (Å²) in [5.74, 6) is -10.4. The number of carbonyl (C=O) groups excluding carboxylic acids is 1. The van der Waals surface area contributed by atoms with E-state index in [1.807, 2.05) is 0 Å². The number of fused-ring (bicyclic) bond motifs is 1. The Balaban J connectivity index is 1.78. The Bertz CT molecular complexity index is 1340. The van der Waals surface area contributed by atoms with Crippen LogP contribution < -0.4 is 9.47 Å². The first kappa shape index (κ1) is 23.5. The maximum Gasteiger partial charge on any atom is 0.344 e. The molecule has 0 saturated heterocycles. The molecule has 35 heavy (non-hydrogen) atoms. The lowest BCUT2D eigenvalue weighted by Crippen LogP contribution is -2.35. The number of ether oxygens (including phenoxy) is 3. The molecule has 3 aromatic carbocycles. The molecular formula is C23H18F2O10. The molecule has 0 aromatic heterocycles. The van der Waals surface area contributed by atoms with Gasteiger partial charge in [-0.25, -0.2) is 13.6 Å². The Hall–Kier alpha value is -4.61. The highest BCUT2D eigenvalue weighted by Gasteiger charge is 2.39. The van der Waals surface area contributed by atoms with Gasteiger partial charge in [-0.1, -0.05) is 6.07 Å². The van der Waals surface area contributed by atoms with Crippen LogP contribution in [0.1, 0.15) is 27.6 Å². The van der Waals surface area contributed by atoms with Gasteiger partial charge in [-0.2, -0.15) is 0 Å². The van der Waals surface area contributed by atoms with Crippen molar-refractivity contribution in [2.45, 2.75) is 18.6 Å². The van der Waals surface area contributed by atoms with Crippen LogP contribution in [0.3, 0.4) is 0 Å². The summed E-state index contributed by atoms with van der Waals surface area (Å²) in [6.07, 6.45) is -2.86. The van der Waals surface area contributed by atoms with Gasteiger partial charge in [-0.3, -0.25) is 0 Å². The van der Waals surface area contributed by atoms with Gasteiger partial charge < -0.3 is 44.8 Å². The van der Waals surface area contributed by atoms with Gasteiger partial charge in [0.25, 0.3) is 0 Å². The number of carbonyl (C=O) groups is 1. The number of esters is 1. The number of rotatable bonds is 4. The first-order valence-electron chi connectivity index (χ1n) is 9.94. The van der Waals surface area contributed by atoms with E-state index in [1.54, 1.807) is 0 Å². The predicted molar refractivity (Wildman–Crippen MR) is 112 cm³/mol. The van der Waals surface area contributed by atoms with E-state index < -0.39 is 69.9 Å². The molecule has 10 nitrogen and oxygen atoms in total. The zero-order valence-corrected chi connectivity index (χ0v) is 17.8. The van der Waals surface area contributed by atoms with Gasteiger partial charge >= 0.3 is 5.97 Å². The summed E-state index contributed by atoms with van der Waals surface area (Å²) < 4.78 is 45.0. The number of benzene rings is 3. The number of phenols is 6. The molecule has 6 N–H and O–H groups in total. The van der Waals surface area contributed by atoms with E-state index in [1.165, 1.54) is 12.1 Å². The van der Waals surface area contributed by atoms with Gasteiger partial charge in [0.1, 0.15) is 28.9 Å².